The Hall–Kier alpha value is -2.65. The zero-order chi connectivity index (χ0) is 19.9. The monoisotopic (exact) mass is 418 g/mol. The van der Waals surface area contributed by atoms with Crippen LogP contribution in [0.4, 0.5) is 11.4 Å². The molecule has 2 bridgehead atoms. The van der Waals surface area contributed by atoms with E-state index in [-0.39, 0.29) is 21.7 Å². The van der Waals surface area contributed by atoms with Crippen molar-refractivity contribution in [2.24, 2.45) is 23.7 Å². The number of carbonyl (C=O) groups excluding carboxylic acids is 1. The van der Waals surface area contributed by atoms with Gasteiger partial charge in [-0.2, -0.15) is 0 Å². The molecule has 146 valence electrons. The molecule has 1 amide bonds. The summed E-state index contributed by atoms with van der Waals surface area (Å²) in [5.74, 6) is -3.07. The molecule has 1 saturated carbocycles. The zero-order valence-corrected chi connectivity index (χ0v) is 16.2. The smallest absolute Gasteiger partial charge is 0.307 e. The van der Waals surface area contributed by atoms with E-state index in [9.17, 15) is 23.1 Å². The lowest BCUT2D eigenvalue weighted by Crippen LogP contribution is -2.36. The number of carboxylic acids is 1. The first-order valence-corrected chi connectivity index (χ1v) is 11.1. The number of anilines is 2. The van der Waals surface area contributed by atoms with Crippen molar-refractivity contribution in [3.05, 3.63) is 53.9 Å². The molecule has 2 aliphatic carbocycles. The highest BCUT2D eigenvalue weighted by molar-refractivity contribution is 7.94. The normalized spacial score (nSPS) is 25.6. The lowest BCUT2D eigenvalue weighted by atomic mass is 9.82. The second-order valence-corrected chi connectivity index (χ2v) is 9.77. The molecule has 28 heavy (non-hydrogen) atoms. The first-order chi connectivity index (χ1) is 13.4. The number of carbonyl (C=O) groups is 2. The second-order valence-electron chi connectivity index (χ2n) is 6.91. The largest absolute Gasteiger partial charge is 0.481 e. The van der Waals surface area contributed by atoms with Crippen molar-refractivity contribution in [2.45, 2.75) is 10.6 Å². The van der Waals surface area contributed by atoms with Crippen molar-refractivity contribution in [3.8, 4) is 0 Å². The predicted octanol–water partition coefficient (Wildman–Crippen LogP) is 3.01. The maximum atomic E-state index is 12.9. The number of sulfonamides is 1. The van der Waals surface area contributed by atoms with Gasteiger partial charge >= 0.3 is 5.97 Å². The van der Waals surface area contributed by atoms with Gasteiger partial charge in [-0.05, 0) is 41.8 Å². The fraction of sp³-hybridized carbons (Fsp3) is 0.263. The van der Waals surface area contributed by atoms with Gasteiger partial charge in [0.1, 0.15) is 4.21 Å². The van der Waals surface area contributed by atoms with Crippen molar-refractivity contribution in [3.63, 3.8) is 0 Å². The van der Waals surface area contributed by atoms with Gasteiger partial charge in [0.25, 0.3) is 10.0 Å². The third-order valence-corrected chi connectivity index (χ3v) is 8.00. The molecular weight excluding hydrogens is 400 g/mol. The number of thiophene rings is 1. The number of nitrogens with one attached hydrogen (secondary N) is 2. The Balaban J connectivity index is 1.57. The zero-order valence-electron chi connectivity index (χ0n) is 14.6. The fourth-order valence-electron chi connectivity index (χ4n) is 4.02. The molecule has 1 aromatic carbocycles. The molecule has 3 N–H and O–H groups in total. The van der Waals surface area contributed by atoms with Crippen LogP contribution in [0.25, 0.3) is 0 Å². The van der Waals surface area contributed by atoms with Crippen LogP contribution in [-0.2, 0) is 19.6 Å². The molecule has 4 rings (SSSR count). The quantitative estimate of drug-likeness (QED) is 0.624. The van der Waals surface area contributed by atoms with Gasteiger partial charge in [0.15, 0.2) is 0 Å². The summed E-state index contributed by atoms with van der Waals surface area (Å²) in [4.78, 5) is 24.5. The molecule has 2 aromatic rings. The van der Waals surface area contributed by atoms with Crippen LogP contribution in [-0.4, -0.2) is 25.4 Å². The molecule has 1 heterocycles. The van der Waals surface area contributed by atoms with Crippen LogP contribution in [0.3, 0.4) is 0 Å². The number of benzene rings is 1. The Morgan fingerprint density at radius 1 is 1.00 bits per heavy atom. The summed E-state index contributed by atoms with van der Waals surface area (Å²) in [6.07, 6.45) is 4.43. The minimum atomic E-state index is -3.77. The van der Waals surface area contributed by atoms with Crippen LogP contribution in [0.1, 0.15) is 6.42 Å². The maximum absolute atomic E-state index is 12.9. The van der Waals surface area contributed by atoms with Gasteiger partial charge in [-0.3, -0.25) is 14.3 Å². The first kappa shape index (κ1) is 18.7. The van der Waals surface area contributed by atoms with Gasteiger partial charge in [0.2, 0.25) is 5.91 Å². The number of allylic oxidation sites excluding steroid dienone is 2. The number of aliphatic carboxylic acids is 1. The van der Waals surface area contributed by atoms with Crippen molar-refractivity contribution < 1.29 is 23.1 Å². The summed E-state index contributed by atoms with van der Waals surface area (Å²) < 4.78 is 27.7. The van der Waals surface area contributed by atoms with Crippen LogP contribution in [0, 0.1) is 23.7 Å². The average molecular weight is 418 g/mol. The number of fused-ring (bicyclic) bond motifs is 2. The van der Waals surface area contributed by atoms with E-state index in [1.165, 1.54) is 6.07 Å². The van der Waals surface area contributed by atoms with Crippen LogP contribution >= 0.6 is 11.3 Å². The van der Waals surface area contributed by atoms with E-state index < -0.39 is 33.7 Å². The number of amides is 1. The highest BCUT2D eigenvalue weighted by atomic mass is 32.2. The summed E-state index contributed by atoms with van der Waals surface area (Å²) in [6, 6.07) is 9.60. The number of carboxylic acid groups (broad SMARTS) is 1. The van der Waals surface area contributed by atoms with E-state index >= 15 is 0 Å². The molecule has 4 atom stereocenters. The van der Waals surface area contributed by atoms with Gasteiger partial charge < -0.3 is 10.4 Å². The van der Waals surface area contributed by atoms with E-state index in [1.54, 1.807) is 35.7 Å². The first-order valence-electron chi connectivity index (χ1n) is 8.74. The van der Waals surface area contributed by atoms with Gasteiger partial charge in [-0.25, -0.2) is 8.42 Å². The molecule has 1 aromatic heterocycles. The topological polar surface area (TPSA) is 113 Å². The number of rotatable bonds is 6. The lowest BCUT2D eigenvalue weighted by Gasteiger charge is -2.24. The molecule has 1 fully saturated rings. The summed E-state index contributed by atoms with van der Waals surface area (Å²) >= 11 is 1.09. The Morgan fingerprint density at radius 2 is 1.68 bits per heavy atom. The van der Waals surface area contributed by atoms with Gasteiger partial charge in [0.05, 0.1) is 23.2 Å². The highest BCUT2D eigenvalue weighted by Crippen LogP contribution is 2.48. The number of para-hydroxylation sites is 2. The second kappa shape index (κ2) is 7.06. The Labute approximate surface area is 166 Å². The summed E-state index contributed by atoms with van der Waals surface area (Å²) in [5, 5.41) is 13.9. The molecule has 0 radical (unpaired) electrons. The van der Waals surface area contributed by atoms with Crippen molar-refractivity contribution in [1.82, 2.24) is 0 Å². The van der Waals surface area contributed by atoms with Crippen molar-refractivity contribution >= 4 is 44.6 Å². The standard InChI is InChI=1S/C19H18N2O5S2/c22-18(16-11-7-8-12(10-11)17(16)19(23)24)20-13-4-1-2-5-14(13)21-28(25,26)15-6-3-9-27-15/h1-9,11-12,16-17,21H,10H2,(H,20,22)(H,23,24)/t11-,12-,16+,17+/m0/s1. The minimum Gasteiger partial charge on any atom is -0.481 e. The van der Waals surface area contributed by atoms with E-state index in [0.717, 1.165) is 11.3 Å². The van der Waals surface area contributed by atoms with Gasteiger partial charge in [0, 0.05) is 0 Å². The fourth-order valence-corrected chi connectivity index (χ4v) is 6.10. The molecule has 2 aliphatic rings. The molecule has 0 unspecified atom stereocenters. The van der Waals surface area contributed by atoms with Crippen LogP contribution in [0.5, 0.6) is 0 Å². The van der Waals surface area contributed by atoms with Crippen molar-refractivity contribution in [2.75, 3.05) is 10.0 Å². The Kier molecular flexibility index (Phi) is 4.72. The minimum absolute atomic E-state index is 0.110. The van der Waals surface area contributed by atoms with E-state index in [2.05, 4.69) is 10.0 Å². The summed E-state index contributed by atoms with van der Waals surface area (Å²) in [7, 11) is -3.77. The third-order valence-electron chi connectivity index (χ3n) is 5.24. The van der Waals surface area contributed by atoms with Crippen LogP contribution < -0.4 is 10.0 Å². The van der Waals surface area contributed by atoms with E-state index in [0.29, 0.717) is 12.1 Å². The molecule has 0 aliphatic heterocycles. The van der Waals surface area contributed by atoms with Crippen LogP contribution in [0.2, 0.25) is 0 Å². The van der Waals surface area contributed by atoms with E-state index in [1.807, 2.05) is 12.2 Å². The van der Waals surface area contributed by atoms with Crippen molar-refractivity contribution in [1.29, 1.82) is 0 Å². The van der Waals surface area contributed by atoms with Gasteiger partial charge in [-0.15, -0.1) is 11.3 Å². The summed E-state index contributed by atoms with van der Waals surface area (Å²) in [5.41, 5.74) is 0.526. The maximum Gasteiger partial charge on any atom is 0.307 e. The molecule has 0 saturated heterocycles. The predicted molar refractivity (Wildman–Crippen MR) is 106 cm³/mol. The number of hydrogen-bond acceptors (Lipinski definition) is 5. The lowest BCUT2D eigenvalue weighted by molar-refractivity contribution is -0.146. The Bertz CT molecular complexity index is 1050. The Morgan fingerprint density at radius 3 is 2.32 bits per heavy atom. The molecule has 7 nitrogen and oxygen atoms in total. The van der Waals surface area contributed by atoms with Gasteiger partial charge in [-0.1, -0.05) is 30.4 Å². The summed E-state index contributed by atoms with van der Waals surface area (Å²) in [6.45, 7) is 0. The third kappa shape index (κ3) is 3.31. The SMILES string of the molecule is O=C(O)[C@H]1[C@H](C(=O)Nc2ccccc2NS(=O)(=O)c2cccs2)[C@H]2C=C[C@H]1C2. The molecular formula is C19H18N2O5S2. The highest BCUT2D eigenvalue weighted by Gasteiger charge is 2.51. The molecule has 0 spiro atoms. The van der Waals surface area contributed by atoms with Crippen LogP contribution in [0.15, 0.2) is 58.1 Å². The molecule has 9 heteroatoms. The number of hydrogen-bond donors (Lipinski definition) is 3. The van der Waals surface area contributed by atoms with E-state index in [4.69, 9.17) is 0 Å². The average Bonchev–Trinajstić information content (AvgIpc) is 3.39.